The molecule has 0 aliphatic carbocycles. The minimum absolute atomic E-state index is 0.112. The Hall–Kier alpha value is -2.64. The Balaban J connectivity index is 2.05. The molecule has 2 aromatic rings. The summed E-state index contributed by atoms with van der Waals surface area (Å²) in [5.41, 5.74) is 1.36. The number of hydrogen-bond donors (Lipinski definition) is 1. The van der Waals surface area contributed by atoms with Crippen molar-refractivity contribution in [2.24, 2.45) is 0 Å². The fourth-order valence-electron chi connectivity index (χ4n) is 3.92. The van der Waals surface area contributed by atoms with Crippen LogP contribution in [0.25, 0.3) is 5.76 Å². The van der Waals surface area contributed by atoms with Gasteiger partial charge in [-0.25, -0.2) is 0 Å². The summed E-state index contributed by atoms with van der Waals surface area (Å²) in [4.78, 5) is 29.9. The van der Waals surface area contributed by atoms with E-state index in [2.05, 4.69) is 34.7 Å². The number of carbonyl (C=O) groups is 2. The third kappa shape index (κ3) is 5.05. The van der Waals surface area contributed by atoms with Gasteiger partial charge in [-0.05, 0) is 62.0 Å². The number of halogens is 1. The average molecular weight is 501 g/mol. The zero-order valence-corrected chi connectivity index (χ0v) is 20.3. The molecule has 1 amide bonds. The molecule has 0 aromatic heterocycles. The molecule has 0 bridgehead atoms. The lowest BCUT2D eigenvalue weighted by molar-refractivity contribution is -0.140. The Bertz CT molecular complexity index is 982. The Labute approximate surface area is 197 Å². The van der Waals surface area contributed by atoms with Crippen LogP contribution < -0.4 is 4.74 Å². The van der Waals surface area contributed by atoms with Gasteiger partial charge >= 0.3 is 0 Å². The lowest BCUT2D eigenvalue weighted by atomic mass is 9.95. The zero-order valence-electron chi connectivity index (χ0n) is 18.7. The fraction of sp³-hybridized carbons (Fsp3) is 0.360. The molecule has 32 heavy (non-hydrogen) atoms. The van der Waals surface area contributed by atoms with Crippen LogP contribution in [0.3, 0.4) is 0 Å². The maximum absolute atomic E-state index is 13.1. The van der Waals surface area contributed by atoms with Crippen LogP contribution in [0.2, 0.25) is 0 Å². The Morgan fingerprint density at radius 3 is 2.22 bits per heavy atom. The molecule has 1 atom stereocenters. The normalized spacial score (nSPS) is 17.9. The molecule has 3 rings (SSSR count). The van der Waals surface area contributed by atoms with Crippen LogP contribution in [0.4, 0.5) is 0 Å². The second-order valence-electron chi connectivity index (χ2n) is 7.53. The lowest BCUT2D eigenvalue weighted by Crippen LogP contribution is -2.38. The Kier molecular flexibility index (Phi) is 8.10. The van der Waals surface area contributed by atoms with Crippen LogP contribution in [-0.2, 0) is 9.59 Å². The highest BCUT2D eigenvalue weighted by atomic mass is 79.9. The van der Waals surface area contributed by atoms with Crippen LogP contribution in [0.5, 0.6) is 5.75 Å². The van der Waals surface area contributed by atoms with Gasteiger partial charge in [0.25, 0.3) is 11.7 Å². The molecule has 1 saturated heterocycles. The summed E-state index contributed by atoms with van der Waals surface area (Å²) < 4.78 is 6.36. The molecule has 0 saturated carbocycles. The van der Waals surface area contributed by atoms with Crippen molar-refractivity contribution < 1.29 is 19.4 Å². The van der Waals surface area contributed by atoms with Crippen molar-refractivity contribution in [3.8, 4) is 5.75 Å². The summed E-state index contributed by atoms with van der Waals surface area (Å²) in [6, 6.07) is 13.7. The smallest absolute Gasteiger partial charge is 0.295 e. The third-order valence-electron chi connectivity index (χ3n) is 5.72. The van der Waals surface area contributed by atoms with Gasteiger partial charge in [0.05, 0.1) is 18.2 Å². The summed E-state index contributed by atoms with van der Waals surface area (Å²) >= 11 is 3.43. The fourth-order valence-corrected chi connectivity index (χ4v) is 4.19. The molecule has 2 aromatic carbocycles. The summed E-state index contributed by atoms with van der Waals surface area (Å²) in [7, 11) is 0. The van der Waals surface area contributed by atoms with Gasteiger partial charge in [0, 0.05) is 23.1 Å². The standard InChI is InChI=1S/C25H29BrN2O4/c1-4-27(5-2)15-16-28-22(17-7-11-19(26)12-8-17)21(24(30)25(28)31)23(29)18-9-13-20(14-10-18)32-6-3/h7-14,22,29H,4-6,15-16H2,1-3H3/b23-21+. The molecule has 0 spiro atoms. The minimum atomic E-state index is -0.663. The first kappa shape index (κ1) is 24.0. The Morgan fingerprint density at radius 2 is 1.66 bits per heavy atom. The molecule has 1 N–H and O–H groups in total. The first-order chi connectivity index (χ1) is 15.4. The number of aliphatic hydroxyl groups excluding tert-OH is 1. The number of likely N-dealkylation sites (tertiary alicyclic amines) is 1. The molecular formula is C25H29BrN2O4. The molecule has 1 unspecified atom stereocenters. The largest absolute Gasteiger partial charge is 0.507 e. The first-order valence-electron chi connectivity index (χ1n) is 10.9. The predicted octanol–water partition coefficient (Wildman–Crippen LogP) is 4.61. The van der Waals surface area contributed by atoms with Crippen molar-refractivity contribution in [1.29, 1.82) is 0 Å². The highest BCUT2D eigenvalue weighted by Crippen LogP contribution is 2.39. The van der Waals surface area contributed by atoms with Crippen molar-refractivity contribution in [2.45, 2.75) is 26.8 Å². The molecule has 1 fully saturated rings. The lowest BCUT2D eigenvalue weighted by Gasteiger charge is -2.28. The molecule has 0 radical (unpaired) electrons. The van der Waals surface area contributed by atoms with Crippen LogP contribution in [0, 0.1) is 0 Å². The van der Waals surface area contributed by atoms with Crippen molar-refractivity contribution in [2.75, 3.05) is 32.8 Å². The number of ether oxygens (including phenoxy) is 1. The second kappa shape index (κ2) is 10.8. The molecular weight excluding hydrogens is 472 g/mol. The van der Waals surface area contributed by atoms with Gasteiger partial charge in [-0.3, -0.25) is 9.59 Å². The number of aliphatic hydroxyl groups is 1. The van der Waals surface area contributed by atoms with E-state index in [0.29, 0.717) is 31.0 Å². The SMILES string of the molecule is CCOc1ccc(/C(O)=C2\C(=O)C(=O)N(CCN(CC)CC)C2c2ccc(Br)cc2)cc1. The second-order valence-corrected chi connectivity index (χ2v) is 8.44. The summed E-state index contributed by atoms with van der Waals surface area (Å²) in [6.45, 7) is 9.32. The number of amides is 1. The van der Waals surface area contributed by atoms with E-state index in [-0.39, 0.29) is 11.3 Å². The van der Waals surface area contributed by atoms with Gasteiger partial charge in [0.1, 0.15) is 11.5 Å². The predicted molar refractivity (Wildman–Crippen MR) is 129 cm³/mol. The van der Waals surface area contributed by atoms with E-state index in [1.54, 1.807) is 29.2 Å². The van der Waals surface area contributed by atoms with E-state index in [1.165, 1.54) is 0 Å². The van der Waals surface area contributed by atoms with Gasteiger partial charge in [0.15, 0.2) is 0 Å². The van der Waals surface area contributed by atoms with E-state index in [9.17, 15) is 14.7 Å². The Morgan fingerprint density at radius 1 is 1.03 bits per heavy atom. The van der Waals surface area contributed by atoms with E-state index in [4.69, 9.17) is 4.74 Å². The summed E-state index contributed by atoms with van der Waals surface area (Å²) in [5, 5.41) is 11.1. The van der Waals surface area contributed by atoms with Gasteiger partial charge in [-0.1, -0.05) is 41.9 Å². The molecule has 7 heteroatoms. The van der Waals surface area contributed by atoms with Crippen LogP contribution in [0.1, 0.15) is 37.9 Å². The molecule has 1 aliphatic rings. The van der Waals surface area contributed by atoms with E-state index >= 15 is 0 Å². The first-order valence-corrected chi connectivity index (χ1v) is 11.7. The molecule has 170 valence electrons. The number of benzene rings is 2. The highest BCUT2D eigenvalue weighted by Gasteiger charge is 2.45. The maximum Gasteiger partial charge on any atom is 0.295 e. The van der Waals surface area contributed by atoms with Crippen molar-refractivity contribution >= 4 is 33.4 Å². The van der Waals surface area contributed by atoms with Crippen molar-refractivity contribution in [1.82, 2.24) is 9.80 Å². The summed E-state index contributed by atoms with van der Waals surface area (Å²) in [6.07, 6.45) is 0. The number of nitrogens with zero attached hydrogens (tertiary/aromatic N) is 2. The van der Waals surface area contributed by atoms with Crippen molar-refractivity contribution in [3.63, 3.8) is 0 Å². The topological polar surface area (TPSA) is 70.1 Å². The quantitative estimate of drug-likeness (QED) is 0.309. The van der Waals surface area contributed by atoms with Gasteiger partial charge in [-0.2, -0.15) is 0 Å². The zero-order chi connectivity index (χ0) is 23.3. The molecule has 6 nitrogen and oxygen atoms in total. The molecule has 1 heterocycles. The van der Waals surface area contributed by atoms with Gasteiger partial charge in [-0.15, -0.1) is 0 Å². The van der Waals surface area contributed by atoms with E-state index in [1.807, 2.05) is 31.2 Å². The summed E-state index contributed by atoms with van der Waals surface area (Å²) in [5.74, 6) is -0.751. The number of rotatable bonds is 9. The van der Waals surface area contributed by atoms with Crippen LogP contribution in [-0.4, -0.2) is 59.4 Å². The number of hydrogen-bond acceptors (Lipinski definition) is 5. The highest BCUT2D eigenvalue weighted by molar-refractivity contribution is 9.10. The van der Waals surface area contributed by atoms with Crippen LogP contribution >= 0.6 is 15.9 Å². The number of Topliss-reactive ketones (excluding diaryl/α,β-unsaturated/α-hetero) is 1. The average Bonchev–Trinajstić information content (AvgIpc) is 3.05. The van der Waals surface area contributed by atoms with Gasteiger partial charge < -0.3 is 19.6 Å². The number of carbonyl (C=O) groups excluding carboxylic acids is 2. The minimum Gasteiger partial charge on any atom is -0.507 e. The monoisotopic (exact) mass is 500 g/mol. The van der Waals surface area contributed by atoms with Crippen LogP contribution in [0.15, 0.2) is 58.6 Å². The van der Waals surface area contributed by atoms with E-state index < -0.39 is 17.7 Å². The van der Waals surface area contributed by atoms with Crippen molar-refractivity contribution in [3.05, 3.63) is 69.7 Å². The van der Waals surface area contributed by atoms with Gasteiger partial charge in [0.2, 0.25) is 0 Å². The third-order valence-corrected chi connectivity index (χ3v) is 6.24. The number of ketones is 1. The number of likely N-dealkylation sites (N-methyl/N-ethyl adjacent to an activating group) is 1. The molecule has 1 aliphatic heterocycles. The van der Waals surface area contributed by atoms with E-state index in [0.717, 1.165) is 23.1 Å². The maximum atomic E-state index is 13.1.